The number of hydrogen-bond acceptors (Lipinski definition) is 11. The van der Waals surface area contributed by atoms with E-state index in [2.05, 4.69) is 0 Å². The zero-order valence-corrected chi connectivity index (χ0v) is 32.0. The van der Waals surface area contributed by atoms with Crippen LogP contribution in [-0.4, -0.2) is 88.6 Å². The van der Waals surface area contributed by atoms with Crippen LogP contribution in [0, 0.1) is 0 Å². The first-order valence-corrected chi connectivity index (χ1v) is 21.0. The van der Waals surface area contributed by atoms with Crippen LogP contribution in [0.2, 0.25) is 0 Å². The Morgan fingerprint density at radius 3 is 0.759 bits per heavy atom. The second-order valence-electron chi connectivity index (χ2n) is 12.5. The number of carbonyl (C=O) groups is 8. The highest BCUT2D eigenvalue weighted by molar-refractivity contribution is 8.74. The maximum Gasteiger partial charge on any atom is 0.335 e. The van der Waals surface area contributed by atoms with Crippen molar-refractivity contribution in [2.75, 3.05) is 0 Å². The number of carboxylic acids is 8. The summed E-state index contributed by atoms with van der Waals surface area (Å²) in [5, 5.41) is 89.8. The van der Waals surface area contributed by atoms with Crippen molar-refractivity contribution in [3.05, 3.63) is 147 Å². The molecule has 4 aromatic carbocycles. The summed E-state index contributed by atoms with van der Waals surface area (Å²) in [4.78, 5) is 102. The van der Waals surface area contributed by atoms with E-state index in [0.29, 0.717) is 0 Å². The van der Waals surface area contributed by atoms with E-state index in [4.69, 9.17) is 0 Å². The van der Waals surface area contributed by atoms with Gasteiger partial charge < -0.3 is 40.9 Å². The average Bonchev–Trinajstić information content (AvgIpc) is 3.86. The van der Waals surface area contributed by atoms with Crippen LogP contribution in [0.1, 0.15) is 82.9 Å². The van der Waals surface area contributed by atoms with Gasteiger partial charge in [0.2, 0.25) is 0 Å². The molecule has 8 N–H and O–H groups in total. The number of rotatable bonds is 12. The van der Waals surface area contributed by atoms with Crippen molar-refractivity contribution >= 4 is 91.3 Å². The second kappa shape index (κ2) is 14.0. The molecule has 0 aromatic heterocycles. The van der Waals surface area contributed by atoms with Crippen LogP contribution in [0.15, 0.2) is 122 Å². The third-order valence-corrected chi connectivity index (χ3v) is 22.5. The third kappa shape index (κ3) is 5.59. The Labute approximate surface area is 336 Å². The molecule has 0 saturated carbocycles. The molecule has 2 aliphatic rings. The van der Waals surface area contributed by atoms with Crippen LogP contribution in [-0.2, 0) is 0 Å². The maximum atomic E-state index is 13.0. The zero-order chi connectivity index (χ0) is 42.5. The molecule has 20 heteroatoms. The van der Waals surface area contributed by atoms with Crippen molar-refractivity contribution in [1.29, 1.82) is 0 Å². The lowest BCUT2D eigenvalue weighted by Crippen LogP contribution is -2.37. The van der Waals surface area contributed by atoms with Gasteiger partial charge in [0, 0.05) is 0 Å². The topological polar surface area (TPSA) is 298 Å². The lowest BCUT2D eigenvalue weighted by molar-refractivity contribution is 0.0676. The maximum absolute atomic E-state index is 13.0. The van der Waals surface area contributed by atoms with Crippen molar-refractivity contribution in [3.8, 4) is 0 Å². The summed E-state index contributed by atoms with van der Waals surface area (Å²) < 4.78 is 0.178. The van der Waals surface area contributed by atoms with Crippen LogP contribution >= 0.6 is 43.6 Å². The van der Waals surface area contributed by atoms with Gasteiger partial charge in [-0.25, -0.2) is 38.4 Å². The highest BCUT2D eigenvalue weighted by Gasteiger charge is 2.71. The largest absolute Gasteiger partial charge is 0.478 e. The van der Waals surface area contributed by atoms with E-state index in [1.807, 2.05) is 0 Å². The molecule has 0 unspecified atom stereocenters. The first-order valence-electron chi connectivity index (χ1n) is 15.8. The fourth-order valence-electron chi connectivity index (χ4n) is 7.14. The highest BCUT2D eigenvalue weighted by atomic mass is 32.4. The lowest BCUT2D eigenvalue weighted by atomic mass is 10.1. The minimum absolute atomic E-state index is 0.0458. The Hall–Kier alpha value is -6.74. The van der Waals surface area contributed by atoms with E-state index < -0.39 is 120 Å². The quantitative estimate of drug-likeness (QED) is 0.0669. The van der Waals surface area contributed by atoms with Crippen molar-refractivity contribution in [3.63, 3.8) is 0 Å². The molecule has 0 saturated heterocycles. The van der Waals surface area contributed by atoms with Crippen LogP contribution in [0.3, 0.4) is 0 Å². The molecule has 0 spiro atoms. The smallest absolute Gasteiger partial charge is 0.335 e. The Kier molecular flexibility index (Phi) is 9.89. The van der Waals surface area contributed by atoms with E-state index in [9.17, 15) is 79.2 Å². The molecular formula is C38H24O16S4. The molecule has 6 rings (SSSR count). The standard InChI is InChI=1S/C38H24O16S4/c39-29(40)17-5-18(30(41)42)10-25(9-17)58(4-3-57-38(58)37-55-1-2-56-37,26-11-19(31(43)44)6-20(12-26)32(45)46,27-13-21(33(47)48)7-22(14-27)34(49)50)28-15-23(35(51)52)8-24(16-28)36(53)54/h1-16H,(H,39,40)(H,41,42)(H,43,44)(H,45,46)(H,47,48)(H,49,50)(H,51,52)(H,53,54). The number of hydrogen-bond donors (Lipinski definition) is 8. The number of aromatic carboxylic acids is 8. The first kappa shape index (κ1) is 40.9. The zero-order valence-electron chi connectivity index (χ0n) is 28.7. The van der Waals surface area contributed by atoms with Crippen molar-refractivity contribution in [1.82, 2.24) is 0 Å². The molecule has 0 atom stereocenters. The van der Waals surface area contributed by atoms with E-state index >= 15 is 0 Å². The summed E-state index contributed by atoms with van der Waals surface area (Å²) in [6.07, 6.45) is 0. The summed E-state index contributed by atoms with van der Waals surface area (Å²) >= 11 is 2.83. The molecule has 2 aliphatic heterocycles. The van der Waals surface area contributed by atoms with Gasteiger partial charge in [-0.3, -0.25) is 0 Å². The molecule has 16 nitrogen and oxygen atoms in total. The van der Waals surface area contributed by atoms with Gasteiger partial charge in [-0.15, -0.1) is 8.29 Å². The lowest BCUT2D eigenvalue weighted by Gasteiger charge is -2.77. The van der Waals surface area contributed by atoms with Gasteiger partial charge in [0.1, 0.15) is 0 Å². The summed E-state index contributed by atoms with van der Waals surface area (Å²) in [6, 6.07) is 10.6. The average molecular weight is 865 g/mol. The summed E-state index contributed by atoms with van der Waals surface area (Å²) in [6.45, 7) is 0. The first-order chi connectivity index (χ1) is 27.2. The molecule has 0 bridgehead atoms. The molecule has 296 valence electrons. The van der Waals surface area contributed by atoms with Gasteiger partial charge in [0.25, 0.3) is 0 Å². The van der Waals surface area contributed by atoms with Crippen LogP contribution in [0.25, 0.3) is 0 Å². The van der Waals surface area contributed by atoms with Gasteiger partial charge in [0.15, 0.2) is 0 Å². The fraction of sp³-hybridized carbons (Fsp3) is 0. The Morgan fingerprint density at radius 2 is 0.552 bits per heavy atom. The Morgan fingerprint density at radius 1 is 0.328 bits per heavy atom. The molecule has 0 radical (unpaired) electrons. The van der Waals surface area contributed by atoms with Crippen LogP contribution in [0.4, 0.5) is 0 Å². The van der Waals surface area contributed by atoms with E-state index in [1.54, 1.807) is 10.8 Å². The second-order valence-corrected chi connectivity index (χ2v) is 21.6. The molecular weight excluding hydrogens is 841 g/mol. The Bertz CT molecular complexity index is 2290. The van der Waals surface area contributed by atoms with Crippen LogP contribution < -0.4 is 0 Å². The van der Waals surface area contributed by atoms with E-state index in [-0.39, 0.29) is 8.47 Å². The summed E-state index contributed by atoms with van der Waals surface area (Å²) in [5.41, 5.74) is -5.98. The predicted molar refractivity (Wildman–Crippen MR) is 210 cm³/mol. The molecule has 0 amide bonds. The fourth-order valence-corrected chi connectivity index (χ4v) is 21.9. The molecule has 58 heavy (non-hydrogen) atoms. The summed E-state index contributed by atoms with van der Waals surface area (Å²) in [5.74, 6) is -13.8. The van der Waals surface area contributed by atoms with Crippen molar-refractivity contribution in [2.45, 2.75) is 19.6 Å². The highest BCUT2D eigenvalue weighted by Crippen LogP contribution is 3.14. The predicted octanol–water partition coefficient (Wildman–Crippen LogP) is 7.98. The number of carboxylic acid groups (broad SMARTS) is 8. The van der Waals surface area contributed by atoms with Gasteiger partial charge in [-0.2, -0.15) is 0 Å². The van der Waals surface area contributed by atoms with Gasteiger partial charge >= 0.3 is 47.8 Å². The normalized spacial score (nSPS) is 17.0. The van der Waals surface area contributed by atoms with E-state index in [1.165, 1.54) is 10.8 Å². The third-order valence-electron chi connectivity index (χ3n) is 9.65. The molecule has 2 heterocycles. The van der Waals surface area contributed by atoms with Crippen molar-refractivity contribution < 1.29 is 79.2 Å². The SMILES string of the molecule is O=C(O)c1cc(C(=O)O)cc(S2(c3cc(C(=O)O)cc(C(=O)O)c3)(c3cc(C(=O)O)cc(C(=O)O)c3)(c3cc(C(=O)O)cc(C(=O)O)c3)C=CSC2=C2SC=CS2)c1. The van der Waals surface area contributed by atoms with Crippen molar-refractivity contribution in [2.24, 2.45) is 0 Å². The number of benzene rings is 4. The van der Waals surface area contributed by atoms with Gasteiger partial charge in [-0.1, -0.05) is 35.3 Å². The summed E-state index contributed by atoms with van der Waals surface area (Å²) in [7, 11) is -6.67. The number of thioether (sulfide) groups is 3. The molecule has 0 fully saturated rings. The van der Waals surface area contributed by atoms with Gasteiger partial charge in [0.05, 0.1) is 53.0 Å². The molecule has 4 aromatic rings. The molecule has 0 aliphatic carbocycles. The minimum atomic E-state index is -6.67. The van der Waals surface area contributed by atoms with Gasteiger partial charge in [-0.05, 0) is 114 Å². The monoisotopic (exact) mass is 864 g/mol. The van der Waals surface area contributed by atoms with E-state index in [0.717, 1.165) is 108 Å². The minimum Gasteiger partial charge on any atom is -0.478 e. The Balaban J connectivity index is 2.25. The van der Waals surface area contributed by atoms with Crippen LogP contribution in [0.5, 0.6) is 0 Å².